The number of aromatic carboxylic acids is 1. The van der Waals surface area contributed by atoms with Gasteiger partial charge in [-0.25, -0.2) is 4.79 Å². The first kappa shape index (κ1) is 12.2. The Kier molecular flexibility index (Phi) is 3.37. The molecule has 0 aliphatic carbocycles. The van der Waals surface area contributed by atoms with Gasteiger partial charge in [-0.15, -0.1) is 0 Å². The molecule has 0 spiro atoms. The van der Waals surface area contributed by atoms with Gasteiger partial charge in [-0.1, -0.05) is 0 Å². The van der Waals surface area contributed by atoms with Crippen molar-refractivity contribution in [1.29, 1.82) is 0 Å². The predicted octanol–water partition coefficient (Wildman–Crippen LogP) is 3.17. The molecule has 0 atom stereocenters. The molecule has 0 saturated carbocycles. The summed E-state index contributed by atoms with van der Waals surface area (Å²) in [4.78, 5) is 10.9. The molecule has 0 bridgehead atoms. The van der Waals surface area contributed by atoms with Gasteiger partial charge in [0.05, 0.1) is 5.56 Å². The smallest absolute Gasteiger partial charge is 0.335 e. The monoisotopic (exact) mass is 246 g/mol. The zero-order valence-electron chi connectivity index (χ0n) is 10.3. The van der Waals surface area contributed by atoms with E-state index in [9.17, 15) is 4.79 Å². The van der Waals surface area contributed by atoms with Gasteiger partial charge < -0.3 is 14.3 Å². The molecule has 94 valence electrons. The molecule has 18 heavy (non-hydrogen) atoms. The Bertz CT molecular complexity index is 569. The van der Waals surface area contributed by atoms with E-state index in [1.54, 1.807) is 25.1 Å². The van der Waals surface area contributed by atoms with E-state index in [1.165, 1.54) is 0 Å². The van der Waals surface area contributed by atoms with Gasteiger partial charge in [-0.3, -0.25) is 0 Å². The SMILES string of the molecule is Cc1ccc(COc2ccc(C(=O)O)c(C)c2)o1. The summed E-state index contributed by atoms with van der Waals surface area (Å²) in [6, 6.07) is 8.62. The van der Waals surface area contributed by atoms with E-state index in [0.29, 0.717) is 17.9 Å². The fourth-order valence-corrected chi connectivity index (χ4v) is 1.68. The second-order valence-corrected chi connectivity index (χ2v) is 4.08. The number of ether oxygens (including phenoxy) is 1. The minimum absolute atomic E-state index is 0.288. The maximum atomic E-state index is 10.9. The van der Waals surface area contributed by atoms with Crippen LogP contribution >= 0.6 is 0 Å². The Morgan fingerprint density at radius 1 is 1.28 bits per heavy atom. The van der Waals surface area contributed by atoms with Crippen molar-refractivity contribution in [1.82, 2.24) is 0 Å². The van der Waals surface area contributed by atoms with Crippen LogP contribution in [0.25, 0.3) is 0 Å². The molecule has 4 heteroatoms. The van der Waals surface area contributed by atoms with Gasteiger partial charge >= 0.3 is 5.97 Å². The summed E-state index contributed by atoms with van der Waals surface area (Å²) in [6.07, 6.45) is 0. The summed E-state index contributed by atoms with van der Waals surface area (Å²) in [5, 5.41) is 8.91. The largest absolute Gasteiger partial charge is 0.486 e. The van der Waals surface area contributed by atoms with Crippen molar-refractivity contribution in [3.8, 4) is 5.75 Å². The van der Waals surface area contributed by atoms with Gasteiger partial charge in [-0.05, 0) is 49.7 Å². The van der Waals surface area contributed by atoms with Crippen LogP contribution in [0.1, 0.15) is 27.4 Å². The highest BCUT2D eigenvalue weighted by Gasteiger charge is 2.08. The van der Waals surface area contributed by atoms with E-state index in [-0.39, 0.29) is 5.56 Å². The van der Waals surface area contributed by atoms with Crippen LogP contribution < -0.4 is 4.74 Å². The summed E-state index contributed by atoms with van der Waals surface area (Å²) in [6.45, 7) is 3.95. The number of carboxylic acid groups (broad SMARTS) is 1. The van der Waals surface area contributed by atoms with Crippen LogP contribution in [0.3, 0.4) is 0 Å². The fraction of sp³-hybridized carbons (Fsp3) is 0.214. The molecule has 2 rings (SSSR count). The van der Waals surface area contributed by atoms with E-state index < -0.39 is 5.97 Å². The van der Waals surface area contributed by atoms with Crippen LogP contribution in [-0.2, 0) is 6.61 Å². The summed E-state index contributed by atoms with van der Waals surface area (Å²) < 4.78 is 10.9. The minimum atomic E-state index is -0.930. The molecule has 0 amide bonds. The third-order valence-electron chi connectivity index (χ3n) is 2.61. The maximum Gasteiger partial charge on any atom is 0.335 e. The maximum absolute atomic E-state index is 10.9. The van der Waals surface area contributed by atoms with Gasteiger partial charge in [-0.2, -0.15) is 0 Å². The Labute approximate surface area is 105 Å². The molecule has 4 nitrogen and oxygen atoms in total. The zero-order chi connectivity index (χ0) is 13.1. The van der Waals surface area contributed by atoms with Crippen LogP contribution in [0.4, 0.5) is 0 Å². The lowest BCUT2D eigenvalue weighted by Gasteiger charge is -2.07. The van der Waals surface area contributed by atoms with E-state index in [2.05, 4.69) is 0 Å². The molecular weight excluding hydrogens is 232 g/mol. The van der Waals surface area contributed by atoms with Crippen LogP contribution in [0.5, 0.6) is 5.75 Å². The molecule has 1 heterocycles. The number of aryl methyl sites for hydroxylation is 2. The van der Waals surface area contributed by atoms with Crippen LogP contribution in [0, 0.1) is 13.8 Å². The standard InChI is InChI=1S/C14H14O4/c1-9-7-11(5-6-13(9)14(15)16)17-8-12-4-3-10(2)18-12/h3-7H,8H2,1-2H3,(H,15,16). The van der Waals surface area contributed by atoms with E-state index in [1.807, 2.05) is 19.1 Å². The number of rotatable bonds is 4. The van der Waals surface area contributed by atoms with Gasteiger partial charge in [0.15, 0.2) is 0 Å². The van der Waals surface area contributed by atoms with E-state index in [4.69, 9.17) is 14.3 Å². The lowest BCUT2D eigenvalue weighted by molar-refractivity contribution is 0.0696. The quantitative estimate of drug-likeness (QED) is 0.900. The highest BCUT2D eigenvalue weighted by molar-refractivity contribution is 5.89. The summed E-state index contributed by atoms with van der Waals surface area (Å²) in [7, 11) is 0. The Balaban J connectivity index is 2.06. The second-order valence-electron chi connectivity index (χ2n) is 4.08. The Morgan fingerprint density at radius 2 is 2.06 bits per heavy atom. The van der Waals surface area contributed by atoms with Crippen molar-refractivity contribution in [2.24, 2.45) is 0 Å². The number of benzene rings is 1. The van der Waals surface area contributed by atoms with Crippen molar-refractivity contribution in [3.05, 3.63) is 53.0 Å². The van der Waals surface area contributed by atoms with Crippen molar-refractivity contribution < 1.29 is 19.1 Å². The van der Waals surface area contributed by atoms with Crippen molar-refractivity contribution in [2.75, 3.05) is 0 Å². The number of hydrogen-bond acceptors (Lipinski definition) is 3. The Hall–Kier alpha value is -2.23. The molecule has 0 radical (unpaired) electrons. The molecule has 0 aliphatic rings. The van der Waals surface area contributed by atoms with Crippen molar-refractivity contribution in [3.63, 3.8) is 0 Å². The van der Waals surface area contributed by atoms with Gasteiger partial charge in [0.25, 0.3) is 0 Å². The topological polar surface area (TPSA) is 59.7 Å². The number of carboxylic acids is 1. The van der Waals surface area contributed by atoms with Crippen LogP contribution in [0.15, 0.2) is 34.7 Å². The van der Waals surface area contributed by atoms with Crippen molar-refractivity contribution >= 4 is 5.97 Å². The third-order valence-corrected chi connectivity index (χ3v) is 2.61. The molecule has 1 aromatic heterocycles. The lowest BCUT2D eigenvalue weighted by atomic mass is 10.1. The van der Waals surface area contributed by atoms with Gasteiger partial charge in [0.1, 0.15) is 23.9 Å². The highest BCUT2D eigenvalue weighted by atomic mass is 16.5. The molecule has 0 aliphatic heterocycles. The van der Waals surface area contributed by atoms with Crippen LogP contribution in [-0.4, -0.2) is 11.1 Å². The molecule has 1 aromatic carbocycles. The Morgan fingerprint density at radius 3 is 2.61 bits per heavy atom. The first-order chi connectivity index (χ1) is 8.56. The molecule has 0 saturated heterocycles. The average molecular weight is 246 g/mol. The van der Waals surface area contributed by atoms with Gasteiger partial charge in [0, 0.05) is 0 Å². The molecule has 0 fully saturated rings. The summed E-state index contributed by atoms with van der Waals surface area (Å²) in [5.41, 5.74) is 0.965. The highest BCUT2D eigenvalue weighted by Crippen LogP contribution is 2.19. The number of furan rings is 1. The molecule has 0 unspecified atom stereocenters. The summed E-state index contributed by atoms with van der Waals surface area (Å²) >= 11 is 0. The lowest BCUT2D eigenvalue weighted by Crippen LogP contribution is -2.00. The van der Waals surface area contributed by atoms with Crippen molar-refractivity contribution in [2.45, 2.75) is 20.5 Å². The first-order valence-corrected chi connectivity index (χ1v) is 5.58. The minimum Gasteiger partial charge on any atom is -0.486 e. The third kappa shape index (κ3) is 2.71. The number of carbonyl (C=O) groups is 1. The molecule has 2 aromatic rings. The summed E-state index contributed by atoms with van der Waals surface area (Å²) in [5.74, 6) is 1.28. The predicted molar refractivity (Wildman–Crippen MR) is 65.9 cm³/mol. The molecule has 1 N–H and O–H groups in total. The molecular formula is C14H14O4. The average Bonchev–Trinajstić information content (AvgIpc) is 2.72. The van der Waals surface area contributed by atoms with Gasteiger partial charge in [0.2, 0.25) is 0 Å². The van der Waals surface area contributed by atoms with E-state index in [0.717, 1.165) is 11.5 Å². The second kappa shape index (κ2) is 4.96. The fourth-order valence-electron chi connectivity index (χ4n) is 1.68. The first-order valence-electron chi connectivity index (χ1n) is 5.58. The number of hydrogen-bond donors (Lipinski definition) is 1. The zero-order valence-corrected chi connectivity index (χ0v) is 10.3. The van der Waals surface area contributed by atoms with E-state index >= 15 is 0 Å². The normalized spacial score (nSPS) is 10.3. The van der Waals surface area contributed by atoms with Crippen LogP contribution in [0.2, 0.25) is 0 Å².